The molecular formula is C22H27NO2S. The highest BCUT2D eigenvalue weighted by atomic mass is 32.1. The topological polar surface area (TPSA) is 37.4 Å². The number of ketones is 1. The molecule has 0 radical (unpaired) electrons. The molecule has 1 atom stereocenters. The first-order valence-electron chi connectivity index (χ1n) is 9.61. The minimum Gasteiger partial charge on any atom is -0.335 e. The van der Waals surface area contributed by atoms with Gasteiger partial charge in [0.25, 0.3) is 0 Å². The van der Waals surface area contributed by atoms with Crippen LogP contribution >= 0.6 is 11.3 Å². The van der Waals surface area contributed by atoms with Crippen molar-refractivity contribution in [2.75, 3.05) is 6.54 Å². The van der Waals surface area contributed by atoms with Gasteiger partial charge in [-0.25, -0.2) is 0 Å². The second kappa shape index (κ2) is 8.63. The zero-order chi connectivity index (χ0) is 18.5. The van der Waals surface area contributed by atoms with Crippen molar-refractivity contribution in [3.63, 3.8) is 0 Å². The Morgan fingerprint density at radius 1 is 1.12 bits per heavy atom. The van der Waals surface area contributed by atoms with Crippen LogP contribution in [-0.4, -0.2) is 23.1 Å². The molecule has 0 N–H and O–H groups in total. The van der Waals surface area contributed by atoms with Gasteiger partial charge in [0.2, 0.25) is 5.91 Å². The molecule has 1 unspecified atom stereocenters. The maximum Gasteiger partial charge on any atom is 0.223 e. The Kier molecular flexibility index (Phi) is 6.25. The predicted molar refractivity (Wildman–Crippen MR) is 107 cm³/mol. The van der Waals surface area contributed by atoms with E-state index in [0.717, 1.165) is 32.2 Å². The van der Waals surface area contributed by atoms with Crippen LogP contribution in [0.3, 0.4) is 0 Å². The lowest BCUT2D eigenvalue weighted by molar-refractivity contribution is -0.134. The normalized spacial score (nSPS) is 16.4. The van der Waals surface area contributed by atoms with E-state index in [1.807, 2.05) is 29.2 Å². The number of hydrogen-bond acceptors (Lipinski definition) is 3. The predicted octanol–water partition coefficient (Wildman–Crippen LogP) is 5.20. The first-order chi connectivity index (χ1) is 12.6. The Labute approximate surface area is 160 Å². The summed E-state index contributed by atoms with van der Waals surface area (Å²) in [6.07, 6.45) is 4.57. The van der Waals surface area contributed by atoms with E-state index in [2.05, 4.69) is 25.3 Å². The molecule has 1 aliphatic rings. The van der Waals surface area contributed by atoms with E-state index in [1.165, 1.54) is 16.0 Å². The molecule has 0 saturated heterocycles. The number of fused-ring (bicyclic) bond motifs is 1. The van der Waals surface area contributed by atoms with Crippen LogP contribution in [0.2, 0.25) is 0 Å². The van der Waals surface area contributed by atoms with Crippen molar-refractivity contribution in [1.29, 1.82) is 0 Å². The van der Waals surface area contributed by atoms with Crippen LogP contribution < -0.4 is 0 Å². The van der Waals surface area contributed by atoms with Gasteiger partial charge in [0.1, 0.15) is 0 Å². The number of carbonyl (C=O) groups excluding carboxylic acids is 2. The molecule has 2 heterocycles. The van der Waals surface area contributed by atoms with E-state index in [1.54, 1.807) is 11.3 Å². The summed E-state index contributed by atoms with van der Waals surface area (Å²) in [5, 5.41) is 2.12. The lowest BCUT2D eigenvalue weighted by Crippen LogP contribution is -2.39. The number of hydrogen-bond donors (Lipinski definition) is 0. The zero-order valence-corrected chi connectivity index (χ0v) is 16.5. The van der Waals surface area contributed by atoms with Crippen LogP contribution in [0.4, 0.5) is 0 Å². The van der Waals surface area contributed by atoms with Gasteiger partial charge in [-0.15, -0.1) is 11.3 Å². The summed E-state index contributed by atoms with van der Waals surface area (Å²) in [6.45, 7) is 5.04. The fourth-order valence-corrected chi connectivity index (χ4v) is 4.72. The Balaban J connectivity index is 1.59. The van der Waals surface area contributed by atoms with E-state index in [0.29, 0.717) is 12.0 Å². The summed E-state index contributed by atoms with van der Waals surface area (Å²) >= 11 is 1.79. The summed E-state index contributed by atoms with van der Waals surface area (Å²) in [4.78, 5) is 28.6. The highest BCUT2D eigenvalue weighted by Crippen LogP contribution is 2.35. The van der Waals surface area contributed by atoms with Crippen LogP contribution in [-0.2, 0) is 17.6 Å². The van der Waals surface area contributed by atoms with Gasteiger partial charge in [-0.3, -0.25) is 9.59 Å². The molecule has 26 heavy (non-hydrogen) atoms. The Hall–Kier alpha value is -1.94. The van der Waals surface area contributed by atoms with Crippen molar-refractivity contribution in [3.8, 4) is 0 Å². The zero-order valence-electron chi connectivity index (χ0n) is 15.7. The summed E-state index contributed by atoms with van der Waals surface area (Å²) in [6, 6.07) is 10.1. The van der Waals surface area contributed by atoms with E-state index >= 15 is 0 Å². The van der Waals surface area contributed by atoms with Gasteiger partial charge in [0.15, 0.2) is 5.78 Å². The molecule has 0 bridgehead atoms. The van der Waals surface area contributed by atoms with Gasteiger partial charge in [0.05, 0.1) is 6.04 Å². The average Bonchev–Trinajstić information content (AvgIpc) is 3.14. The van der Waals surface area contributed by atoms with Crippen LogP contribution in [0.5, 0.6) is 0 Å². The van der Waals surface area contributed by atoms with Crippen molar-refractivity contribution in [1.82, 2.24) is 4.90 Å². The van der Waals surface area contributed by atoms with Crippen LogP contribution in [0, 0.1) is 0 Å². The van der Waals surface area contributed by atoms with Crippen LogP contribution in [0.15, 0.2) is 35.7 Å². The van der Waals surface area contributed by atoms with Crippen LogP contribution in [0.25, 0.3) is 0 Å². The summed E-state index contributed by atoms with van der Waals surface area (Å²) in [5.41, 5.74) is 3.27. The van der Waals surface area contributed by atoms with Crippen molar-refractivity contribution in [2.45, 2.75) is 58.4 Å². The molecule has 2 aromatic rings. The molecule has 3 nitrogen and oxygen atoms in total. The molecular weight excluding hydrogens is 342 g/mol. The summed E-state index contributed by atoms with van der Waals surface area (Å²) in [7, 11) is 0. The average molecular weight is 370 g/mol. The van der Waals surface area contributed by atoms with Crippen molar-refractivity contribution < 1.29 is 9.59 Å². The molecule has 0 fully saturated rings. The summed E-state index contributed by atoms with van der Waals surface area (Å²) < 4.78 is 0. The van der Waals surface area contributed by atoms with Crippen molar-refractivity contribution >= 4 is 23.0 Å². The number of benzene rings is 1. The van der Waals surface area contributed by atoms with Crippen molar-refractivity contribution in [2.24, 2.45) is 0 Å². The van der Waals surface area contributed by atoms with E-state index < -0.39 is 0 Å². The number of thiophene rings is 1. The highest BCUT2D eigenvalue weighted by molar-refractivity contribution is 7.10. The first kappa shape index (κ1) is 18.8. The quantitative estimate of drug-likeness (QED) is 0.629. The second-order valence-electron chi connectivity index (χ2n) is 6.93. The minimum atomic E-state index is 0.0580. The monoisotopic (exact) mass is 369 g/mol. The number of rotatable bonds is 7. The summed E-state index contributed by atoms with van der Waals surface area (Å²) in [5.74, 6) is 0.160. The van der Waals surface area contributed by atoms with E-state index in [9.17, 15) is 9.59 Å². The van der Waals surface area contributed by atoms with Gasteiger partial charge in [-0.05, 0) is 41.8 Å². The van der Waals surface area contributed by atoms with Gasteiger partial charge in [-0.2, -0.15) is 0 Å². The number of aryl methyl sites for hydroxylation is 1. The number of nitrogens with zero attached hydrogens (tertiary/aromatic N) is 1. The SMILES string of the molecule is CCCc1ccc(C(=O)CCC(=O)N2CCc3sccc3C2CC)cc1. The molecule has 1 aliphatic heterocycles. The first-order valence-corrected chi connectivity index (χ1v) is 10.5. The van der Waals surface area contributed by atoms with Gasteiger partial charge >= 0.3 is 0 Å². The fourth-order valence-electron chi connectivity index (χ4n) is 3.79. The molecule has 4 heteroatoms. The Morgan fingerprint density at radius 3 is 2.58 bits per heavy atom. The number of Topliss-reactive ketones (excluding diaryl/α,β-unsaturated/α-hetero) is 1. The number of carbonyl (C=O) groups is 2. The molecule has 1 amide bonds. The van der Waals surface area contributed by atoms with Gasteiger partial charge < -0.3 is 4.90 Å². The molecule has 0 spiro atoms. The molecule has 0 saturated carbocycles. The third kappa shape index (κ3) is 4.07. The van der Waals surface area contributed by atoms with Crippen molar-refractivity contribution in [3.05, 3.63) is 57.3 Å². The lowest BCUT2D eigenvalue weighted by atomic mass is 9.96. The largest absolute Gasteiger partial charge is 0.335 e. The third-order valence-corrected chi connectivity index (χ3v) is 6.18. The van der Waals surface area contributed by atoms with Gasteiger partial charge in [-0.1, -0.05) is 44.5 Å². The number of amides is 1. The lowest BCUT2D eigenvalue weighted by Gasteiger charge is -2.35. The van der Waals surface area contributed by atoms with Crippen LogP contribution in [0.1, 0.15) is 71.9 Å². The van der Waals surface area contributed by atoms with E-state index in [4.69, 9.17) is 0 Å². The third-order valence-electron chi connectivity index (χ3n) is 5.18. The van der Waals surface area contributed by atoms with Gasteiger partial charge in [0, 0.05) is 29.8 Å². The molecule has 138 valence electrons. The minimum absolute atomic E-state index is 0.0580. The highest BCUT2D eigenvalue weighted by Gasteiger charge is 2.30. The molecule has 1 aromatic heterocycles. The molecule has 1 aromatic carbocycles. The fraction of sp³-hybridized carbons (Fsp3) is 0.455. The Bertz CT molecular complexity index is 763. The smallest absolute Gasteiger partial charge is 0.223 e. The second-order valence-corrected chi connectivity index (χ2v) is 7.93. The maximum absolute atomic E-state index is 12.8. The van der Waals surface area contributed by atoms with E-state index in [-0.39, 0.29) is 24.2 Å². The molecule has 3 rings (SSSR count). The molecule has 0 aliphatic carbocycles. The maximum atomic E-state index is 12.8. The Morgan fingerprint density at radius 2 is 1.88 bits per heavy atom. The standard InChI is InChI=1S/C22H27NO2S/c1-3-5-16-6-8-17(9-7-16)20(24)10-11-22(25)23-14-12-21-18(13-15-26-21)19(23)4-2/h6-9,13,15,19H,3-5,10-12,14H2,1-2H3.